The van der Waals surface area contributed by atoms with E-state index in [1.165, 1.54) is 10.7 Å². The lowest BCUT2D eigenvalue weighted by atomic mass is 10.1. The van der Waals surface area contributed by atoms with Crippen LogP contribution >= 0.6 is 0 Å². The fourth-order valence-corrected chi connectivity index (χ4v) is 3.05. The van der Waals surface area contributed by atoms with Crippen molar-refractivity contribution in [1.82, 2.24) is 9.78 Å². The van der Waals surface area contributed by atoms with E-state index in [4.69, 9.17) is 14.2 Å². The molecule has 0 saturated heterocycles. The average Bonchev–Trinajstić information content (AvgIpc) is 2.95. The van der Waals surface area contributed by atoms with E-state index < -0.39 is 0 Å². The maximum atomic E-state index is 12.2. The minimum Gasteiger partial charge on any atom is -0.491 e. The maximum absolute atomic E-state index is 12.2. The highest BCUT2D eigenvalue weighted by molar-refractivity contribution is 5.63. The third-order valence-electron chi connectivity index (χ3n) is 4.56. The second-order valence-corrected chi connectivity index (χ2v) is 6.61. The summed E-state index contributed by atoms with van der Waals surface area (Å²) < 4.78 is 18.6. The van der Waals surface area contributed by atoms with E-state index in [9.17, 15) is 4.79 Å². The fraction of sp³-hybridized carbons (Fsp3) is 0.273. The SMILES string of the molecule is Cc1ccccc1OCCn1nc(-c2ccc3c(c2)OCCCO3)ccc1=O. The first-order valence-electron chi connectivity index (χ1n) is 9.37. The van der Waals surface area contributed by atoms with Crippen LogP contribution in [-0.4, -0.2) is 29.6 Å². The molecule has 1 aromatic heterocycles. The predicted molar refractivity (Wildman–Crippen MR) is 106 cm³/mol. The Hall–Kier alpha value is -3.28. The van der Waals surface area contributed by atoms with Gasteiger partial charge in [0.25, 0.3) is 5.56 Å². The first kappa shape index (κ1) is 18.1. The predicted octanol–water partition coefficient (Wildman–Crippen LogP) is 3.46. The summed E-state index contributed by atoms with van der Waals surface area (Å²) in [4.78, 5) is 12.2. The highest BCUT2D eigenvalue weighted by Gasteiger charge is 2.12. The van der Waals surface area contributed by atoms with Crippen molar-refractivity contribution in [3.63, 3.8) is 0 Å². The van der Waals surface area contributed by atoms with Crippen LogP contribution in [0, 0.1) is 6.92 Å². The molecule has 0 radical (unpaired) electrons. The molecule has 0 saturated carbocycles. The van der Waals surface area contributed by atoms with Crippen LogP contribution in [0.3, 0.4) is 0 Å². The molecule has 0 spiro atoms. The van der Waals surface area contributed by atoms with Gasteiger partial charge in [-0.05, 0) is 42.8 Å². The molecular weight excluding hydrogens is 356 g/mol. The molecule has 0 aliphatic carbocycles. The first-order chi connectivity index (χ1) is 13.7. The number of hydrogen-bond acceptors (Lipinski definition) is 5. The van der Waals surface area contributed by atoms with Gasteiger partial charge in [0.2, 0.25) is 0 Å². The van der Waals surface area contributed by atoms with Gasteiger partial charge in [0.1, 0.15) is 12.4 Å². The zero-order valence-corrected chi connectivity index (χ0v) is 15.8. The topological polar surface area (TPSA) is 62.6 Å². The molecule has 4 rings (SSSR count). The highest BCUT2D eigenvalue weighted by atomic mass is 16.5. The molecule has 1 aliphatic rings. The van der Waals surface area contributed by atoms with Crippen molar-refractivity contribution in [2.24, 2.45) is 0 Å². The fourth-order valence-electron chi connectivity index (χ4n) is 3.05. The number of aromatic nitrogens is 2. The first-order valence-corrected chi connectivity index (χ1v) is 9.37. The van der Waals surface area contributed by atoms with Gasteiger partial charge in [-0.15, -0.1) is 0 Å². The third-order valence-corrected chi connectivity index (χ3v) is 4.56. The Morgan fingerprint density at radius 2 is 1.86 bits per heavy atom. The van der Waals surface area contributed by atoms with Crippen molar-refractivity contribution < 1.29 is 14.2 Å². The summed E-state index contributed by atoms with van der Waals surface area (Å²) in [7, 11) is 0. The number of nitrogens with zero attached hydrogens (tertiary/aromatic N) is 2. The van der Waals surface area contributed by atoms with Gasteiger partial charge in [-0.25, -0.2) is 4.68 Å². The summed E-state index contributed by atoms with van der Waals surface area (Å²) in [6, 6.07) is 16.8. The van der Waals surface area contributed by atoms with Gasteiger partial charge < -0.3 is 14.2 Å². The van der Waals surface area contributed by atoms with E-state index in [0.717, 1.165) is 29.0 Å². The maximum Gasteiger partial charge on any atom is 0.266 e. The lowest BCUT2D eigenvalue weighted by Crippen LogP contribution is -2.25. The van der Waals surface area contributed by atoms with Crippen LogP contribution in [0.1, 0.15) is 12.0 Å². The Balaban J connectivity index is 1.52. The van der Waals surface area contributed by atoms with Gasteiger partial charge in [-0.3, -0.25) is 4.79 Å². The largest absolute Gasteiger partial charge is 0.491 e. The second-order valence-electron chi connectivity index (χ2n) is 6.61. The normalized spacial score (nSPS) is 13.0. The molecule has 2 aromatic carbocycles. The monoisotopic (exact) mass is 378 g/mol. The number of aryl methyl sites for hydroxylation is 1. The third kappa shape index (κ3) is 4.01. The van der Waals surface area contributed by atoms with Crippen LogP contribution in [0.15, 0.2) is 59.4 Å². The van der Waals surface area contributed by atoms with Crippen LogP contribution in [0.2, 0.25) is 0 Å². The van der Waals surface area contributed by atoms with E-state index in [-0.39, 0.29) is 5.56 Å². The standard InChI is InChI=1S/C22H22N2O4/c1-16-5-2-3-6-19(16)28-14-11-24-22(25)10-8-18(23-24)17-7-9-20-21(15-17)27-13-4-12-26-20/h2-3,5-10,15H,4,11-14H2,1H3. The van der Waals surface area contributed by atoms with Gasteiger partial charge >= 0.3 is 0 Å². The van der Waals surface area contributed by atoms with Crippen LogP contribution in [0.25, 0.3) is 11.3 Å². The zero-order chi connectivity index (χ0) is 19.3. The van der Waals surface area contributed by atoms with Gasteiger partial charge in [-0.1, -0.05) is 18.2 Å². The Morgan fingerprint density at radius 1 is 1.04 bits per heavy atom. The van der Waals surface area contributed by atoms with Gasteiger partial charge in [0, 0.05) is 18.1 Å². The molecule has 144 valence electrons. The zero-order valence-electron chi connectivity index (χ0n) is 15.8. The summed E-state index contributed by atoms with van der Waals surface area (Å²) >= 11 is 0. The van der Waals surface area contributed by atoms with Crippen LogP contribution < -0.4 is 19.8 Å². The van der Waals surface area contributed by atoms with Crippen molar-refractivity contribution >= 4 is 0 Å². The lowest BCUT2D eigenvalue weighted by Gasteiger charge is -2.12. The smallest absolute Gasteiger partial charge is 0.266 e. The van der Waals surface area contributed by atoms with E-state index in [1.54, 1.807) is 6.07 Å². The van der Waals surface area contributed by atoms with Gasteiger partial charge in [0.05, 0.1) is 25.5 Å². The minimum atomic E-state index is -0.161. The summed E-state index contributed by atoms with van der Waals surface area (Å²) in [6.07, 6.45) is 0.855. The van der Waals surface area contributed by atoms with E-state index >= 15 is 0 Å². The number of fused-ring (bicyclic) bond motifs is 1. The van der Waals surface area contributed by atoms with Crippen molar-refractivity contribution in [2.75, 3.05) is 19.8 Å². The molecule has 2 heterocycles. The van der Waals surface area contributed by atoms with Crippen LogP contribution in [0.5, 0.6) is 17.2 Å². The molecule has 3 aromatic rings. The van der Waals surface area contributed by atoms with Crippen molar-refractivity contribution in [2.45, 2.75) is 19.9 Å². The minimum absolute atomic E-state index is 0.161. The van der Waals surface area contributed by atoms with Gasteiger partial charge in [0.15, 0.2) is 11.5 Å². The molecule has 6 nitrogen and oxygen atoms in total. The molecule has 0 atom stereocenters. The summed E-state index contributed by atoms with van der Waals surface area (Å²) in [5.74, 6) is 2.26. The van der Waals surface area contributed by atoms with E-state index in [1.807, 2.05) is 49.4 Å². The lowest BCUT2D eigenvalue weighted by molar-refractivity contribution is 0.286. The Labute approximate surface area is 163 Å². The van der Waals surface area contributed by atoms with Crippen LogP contribution in [-0.2, 0) is 6.54 Å². The van der Waals surface area contributed by atoms with Gasteiger partial charge in [-0.2, -0.15) is 5.10 Å². The molecule has 28 heavy (non-hydrogen) atoms. The molecule has 1 aliphatic heterocycles. The number of ether oxygens (including phenoxy) is 3. The molecule has 0 fully saturated rings. The summed E-state index contributed by atoms with van der Waals surface area (Å²) in [5, 5.41) is 4.50. The Morgan fingerprint density at radius 3 is 2.71 bits per heavy atom. The number of para-hydroxylation sites is 1. The van der Waals surface area contributed by atoms with Crippen LogP contribution in [0.4, 0.5) is 0 Å². The van der Waals surface area contributed by atoms with E-state index in [0.29, 0.717) is 37.8 Å². The molecule has 6 heteroatoms. The number of hydrogen-bond donors (Lipinski definition) is 0. The Kier molecular flexibility index (Phi) is 5.28. The highest BCUT2D eigenvalue weighted by Crippen LogP contribution is 2.33. The summed E-state index contributed by atoms with van der Waals surface area (Å²) in [5.41, 5.74) is 2.47. The number of rotatable bonds is 5. The molecule has 0 bridgehead atoms. The molecule has 0 amide bonds. The quantitative estimate of drug-likeness (QED) is 0.680. The molecular formula is C22H22N2O4. The average molecular weight is 378 g/mol. The van der Waals surface area contributed by atoms with Crippen molar-refractivity contribution in [3.05, 3.63) is 70.5 Å². The Bertz CT molecular complexity index is 1030. The summed E-state index contributed by atoms with van der Waals surface area (Å²) in [6.45, 7) is 3.99. The number of benzene rings is 2. The van der Waals surface area contributed by atoms with Crippen molar-refractivity contribution in [1.29, 1.82) is 0 Å². The van der Waals surface area contributed by atoms with Crippen molar-refractivity contribution in [3.8, 4) is 28.5 Å². The molecule has 0 unspecified atom stereocenters. The van der Waals surface area contributed by atoms with E-state index in [2.05, 4.69) is 5.10 Å². The second kappa shape index (κ2) is 8.17. The molecule has 0 N–H and O–H groups in total.